The largest absolute Gasteiger partial charge is 0.478 e. The van der Waals surface area contributed by atoms with Gasteiger partial charge in [-0.2, -0.15) is 0 Å². The van der Waals surface area contributed by atoms with Gasteiger partial charge < -0.3 is 15.7 Å². The molecule has 1 unspecified atom stereocenters. The summed E-state index contributed by atoms with van der Waals surface area (Å²) < 4.78 is 0. The van der Waals surface area contributed by atoms with E-state index in [1.807, 2.05) is 0 Å². The van der Waals surface area contributed by atoms with Gasteiger partial charge in [-0.05, 0) is 74.7 Å². The minimum atomic E-state index is -0.988. The Bertz CT molecular complexity index is 556. The van der Waals surface area contributed by atoms with Crippen molar-refractivity contribution >= 4 is 23.3 Å². The number of nitrogens with one attached hydrogen (secondary N) is 2. The molecule has 22 heavy (non-hydrogen) atoms. The number of carboxylic acids is 1. The molecule has 1 saturated heterocycles. The van der Waals surface area contributed by atoms with Gasteiger partial charge in [0, 0.05) is 12.2 Å². The molecule has 5 heteroatoms. The highest BCUT2D eigenvalue weighted by atomic mass is 35.5. The third kappa shape index (κ3) is 3.39. The van der Waals surface area contributed by atoms with Crippen molar-refractivity contribution in [3.05, 3.63) is 28.8 Å². The van der Waals surface area contributed by atoms with E-state index < -0.39 is 5.97 Å². The molecule has 0 amide bonds. The van der Waals surface area contributed by atoms with Crippen LogP contribution < -0.4 is 10.6 Å². The predicted octanol–water partition coefficient (Wildman–Crippen LogP) is 3.62. The molecule has 2 fully saturated rings. The van der Waals surface area contributed by atoms with Gasteiger partial charge in [-0.15, -0.1) is 0 Å². The van der Waals surface area contributed by atoms with E-state index in [1.54, 1.807) is 18.2 Å². The van der Waals surface area contributed by atoms with Crippen molar-refractivity contribution in [2.75, 3.05) is 25.0 Å². The number of carboxylic acid groups (broad SMARTS) is 1. The van der Waals surface area contributed by atoms with Gasteiger partial charge in [0.1, 0.15) is 0 Å². The van der Waals surface area contributed by atoms with E-state index in [-0.39, 0.29) is 10.6 Å². The SMILES string of the molecule is O=C(O)c1ccc(NCCCC2CC23CCNCC3)cc1Cl. The molecule has 1 spiro atoms. The van der Waals surface area contributed by atoms with Crippen LogP contribution in [0, 0.1) is 11.3 Å². The molecule has 3 N–H and O–H groups in total. The molecular formula is C17H23ClN2O2. The molecule has 0 bridgehead atoms. The number of carbonyl (C=O) groups is 1. The maximum atomic E-state index is 10.9. The van der Waals surface area contributed by atoms with Crippen LogP contribution >= 0.6 is 11.6 Å². The molecule has 0 radical (unpaired) electrons. The first kappa shape index (κ1) is 15.6. The van der Waals surface area contributed by atoms with E-state index >= 15 is 0 Å². The summed E-state index contributed by atoms with van der Waals surface area (Å²) in [6, 6.07) is 5.02. The Balaban J connectivity index is 1.40. The summed E-state index contributed by atoms with van der Waals surface area (Å²) in [6.07, 6.45) is 6.54. The van der Waals surface area contributed by atoms with Gasteiger partial charge in [0.25, 0.3) is 0 Å². The number of piperidine rings is 1. The average Bonchev–Trinajstić information content (AvgIpc) is 3.16. The van der Waals surface area contributed by atoms with Crippen LogP contribution in [0.25, 0.3) is 0 Å². The van der Waals surface area contributed by atoms with Gasteiger partial charge in [0.15, 0.2) is 0 Å². The molecule has 4 nitrogen and oxygen atoms in total. The number of hydrogen-bond donors (Lipinski definition) is 3. The van der Waals surface area contributed by atoms with Crippen LogP contribution in [0.2, 0.25) is 5.02 Å². The minimum absolute atomic E-state index is 0.151. The fourth-order valence-electron chi connectivity index (χ4n) is 3.76. The van der Waals surface area contributed by atoms with Crippen LogP contribution in [-0.4, -0.2) is 30.7 Å². The summed E-state index contributed by atoms with van der Waals surface area (Å²) in [5.74, 6) is -0.0769. The molecule has 1 aromatic carbocycles. The molecule has 1 aromatic rings. The third-order valence-corrected chi connectivity index (χ3v) is 5.53. The predicted molar refractivity (Wildman–Crippen MR) is 88.8 cm³/mol. The maximum absolute atomic E-state index is 10.9. The van der Waals surface area contributed by atoms with Crippen LogP contribution in [0.1, 0.15) is 42.5 Å². The Hall–Kier alpha value is -1.26. The summed E-state index contributed by atoms with van der Waals surface area (Å²) in [4.78, 5) is 10.9. The van der Waals surface area contributed by atoms with Crippen LogP contribution in [0.3, 0.4) is 0 Å². The number of halogens is 1. The third-order valence-electron chi connectivity index (χ3n) is 5.22. The minimum Gasteiger partial charge on any atom is -0.478 e. The van der Waals surface area contributed by atoms with Crippen molar-refractivity contribution in [2.45, 2.75) is 32.1 Å². The lowest BCUT2D eigenvalue weighted by Crippen LogP contribution is -2.29. The highest BCUT2D eigenvalue weighted by molar-refractivity contribution is 6.33. The Morgan fingerprint density at radius 1 is 1.41 bits per heavy atom. The number of benzene rings is 1. The average molecular weight is 323 g/mol. The van der Waals surface area contributed by atoms with E-state index in [9.17, 15) is 4.79 Å². The topological polar surface area (TPSA) is 61.4 Å². The first-order valence-corrected chi connectivity index (χ1v) is 8.46. The second-order valence-electron chi connectivity index (χ2n) is 6.58. The molecule has 2 aliphatic rings. The van der Waals surface area contributed by atoms with Crippen molar-refractivity contribution in [2.24, 2.45) is 11.3 Å². The lowest BCUT2D eigenvalue weighted by Gasteiger charge is -2.23. The maximum Gasteiger partial charge on any atom is 0.337 e. The van der Waals surface area contributed by atoms with E-state index in [0.29, 0.717) is 5.41 Å². The summed E-state index contributed by atoms with van der Waals surface area (Å²) in [5, 5.41) is 16.0. The first-order valence-electron chi connectivity index (χ1n) is 8.08. The zero-order valence-electron chi connectivity index (χ0n) is 12.7. The Kier molecular flexibility index (Phi) is 4.59. The molecule has 1 aliphatic carbocycles. The van der Waals surface area contributed by atoms with E-state index in [4.69, 9.17) is 16.7 Å². The van der Waals surface area contributed by atoms with Crippen molar-refractivity contribution < 1.29 is 9.90 Å². The van der Waals surface area contributed by atoms with Crippen LogP contribution in [0.15, 0.2) is 18.2 Å². The van der Waals surface area contributed by atoms with Gasteiger partial charge in [-0.3, -0.25) is 0 Å². The smallest absolute Gasteiger partial charge is 0.337 e. The standard InChI is InChI=1S/C17H23ClN2O2/c18-15-10-13(3-4-14(15)16(21)22)20-7-1-2-12-11-17(12)5-8-19-9-6-17/h3-4,10,12,19-20H,1-2,5-9,11H2,(H,21,22). The highest BCUT2D eigenvalue weighted by Gasteiger charge is 2.52. The lowest BCUT2D eigenvalue weighted by atomic mass is 9.90. The molecule has 3 rings (SSSR count). The molecular weight excluding hydrogens is 300 g/mol. The van der Waals surface area contributed by atoms with Gasteiger partial charge in [0.2, 0.25) is 0 Å². The summed E-state index contributed by atoms with van der Waals surface area (Å²) in [5.41, 5.74) is 1.71. The second-order valence-corrected chi connectivity index (χ2v) is 6.99. The number of hydrogen-bond acceptors (Lipinski definition) is 3. The zero-order chi connectivity index (χ0) is 15.6. The molecule has 120 valence electrons. The van der Waals surface area contributed by atoms with Crippen molar-refractivity contribution in [3.8, 4) is 0 Å². The van der Waals surface area contributed by atoms with Gasteiger partial charge in [0.05, 0.1) is 10.6 Å². The Morgan fingerprint density at radius 3 is 2.86 bits per heavy atom. The highest BCUT2D eigenvalue weighted by Crippen LogP contribution is 2.60. The zero-order valence-corrected chi connectivity index (χ0v) is 13.5. The van der Waals surface area contributed by atoms with Gasteiger partial charge in [-0.25, -0.2) is 4.79 Å². The summed E-state index contributed by atoms with van der Waals surface area (Å²) in [7, 11) is 0. The molecule has 1 atom stereocenters. The molecule has 1 aliphatic heterocycles. The monoisotopic (exact) mass is 322 g/mol. The normalized spacial score (nSPS) is 22.5. The van der Waals surface area contributed by atoms with Crippen LogP contribution in [0.5, 0.6) is 0 Å². The van der Waals surface area contributed by atoms with Crippen molar-refractivity contribution in [3.63, 3.8) is 0 Å². The van der Waals surface area contributed by atoms with E-state index in [0.717, 1.165) is 24.6 Å². The first-order chi connectivity index (χ1) is 10.6. The Labute approximate surface area is 136 Å². The lowest BCUT2D eigenvalue weighted by molar-refractivity contribution is 0.0697. The summed E-state index contributed by atoms with van der Waals surface area (Å²) in [6.45, 7) is 3.28. The Morgan fingerprint density at radius 2 is 2.18 bits per heavy atom. The van der Waals surface area contributed by atoms with Crippen molar-refractivity contribution in [1.29, 1.82) is 0 Å². The van der Waals surface area contributed by atoms with Crippen LogP contribution in [0.4, 0.5) is 5.69 Å². The van der Waals surface area contributed by atoms with Crippen LogP contribution in [-0.2, 0) is 0 Å². The summed E-state index contributed by atoms with van der Waals surface area (Å²) >= 11 is 5.97. The van der Waals surface area contributed by atoms with Crippen molar-refractivity contribution in [1.82, 2.24) is 5.32 Å². The number of anilines is 1. The van der Waals surface area contributed by atoms with E-state index in [1.165, 1.54) is 38.8 Å². The second kappa shape index (κ2) is 6.47. The fraction of sp³-hybridized carbons (Fsp3) is 0.588. The quantitative estimate of drug-likeness (QED) is 0.700. The molecule has 1 heterocycles. The van der Waals surface area contributed by atoms with Gasteiger partial charge in [-0.1, -0.05) is 11.6 Å². The van der Waals surface area contributed by atoms with E-state index in [2.05, 4.69) is 10.6 Å². The fourth-order valence-corrected chi connectivity index (χ4v) is 4.02. The number of rotatable bonds is 6. The van der Waals surface area contributed by atoms with Gasteiger partial charge >= 0.3 is 5.97 Å². The molecule has 0 aromatic heterocycles. The number of aromatic carboxylic acids is 1. The molecule has 1 saturated carbocycles.